The second-order valence-corrected chi connectivity index (χ2v) is 7.66. The monoisotopic (exact) mass is 372 g/mol. The average molecular weight is 373 g/mol. The zero-order chi connectivity index (χ0) is 16.8. The van der Waals surface area contributed by atoms with Crippen molar-refractivity contribution in [3.05, 3.63) is 34.9 Å². The van der Waals surface area contributed by atoms with Crippen LogP contribution in [0, 0.1) is 0 Å². The Kier molecular flexibility index (Phi) is 6.80. The first-order valence-electron chi connectivity index (χ1n) is 7.08. The summed E-state index contributed by atoms with van der Waals surface area (Å²) in [6.07, 6.45) is 0. The molecule has 1 fully saturated rings. The number of nitrogens with zero attached hydrogens (tertiary/aromatic N) is 1. The van der Waals surface area contributed by atoms with Crippen LogP contribution in [0.4, 0.5) is 4.79 Å². The van der Waals surface area contributed by atoms with Gasteiger partial charge in [0.1, 0.15) is 0 Å². The number of rotatable bonds is 7. The highest BCUT2D eigenvalue weighted by Crippen LogP contribution is 2.20. The molecule has 1 aliphatic rings. The summed E-state index contributed by atoms with van der Waals surface area (Å²) < 4.78 is 0. The molecule has 1 atom stereocenters. The van der Waals surface area contributed by atoms with Gasteiger partial charge in [0.2, 0.25) is 11.8 Å². The fourth-order valence-corrected chi connectivity index (χ4v) is 3.66. The second-order valence-electron chi connectivity index (χ2n) is 4.97. The first-order chi connectivity index (χ1) is 11.0. The molecule has 124 valence electrons. The predicted octanol–water partition coefficient (Wildman–Crippen LogP) is 2.77. The van der Waals surface area contributed by atoms with E-state index in [4.69, 9.17) is 11.6 Å². The molecular formula is C15H17ClN2O3S2. The van der Waals surface area contributed by atoms with E-state index in [0.29, 0.717) is 10.8 Å². The van der Waals surface area contributed by atoms with Crippen LogP contribution in [0.25, 0.3) is 0 Å². The van der Waals surface area contributed by atoms with Crippen LogP contribution in [0.1, 0.15) is 12.5 Å². The lowest BCUT2D eigenvalue weighted by Gasteiger charge is -2.15. The number of hydrogen-bond donors (Lipinski definition) is 1. The highest BCUT2D eigenvalue weighted by atomic mass is 35.5. The lowest BCUT2D eigenvalue weighted by Crippen LogP contribution is -2.39. The Balaban J connectivity index is 1.69. The van der Waals surface area contributed by atoms with Crippen LogP contribution in [0.3, 0.4) is 0 Å². The minimum atomic E-state index is -0.241. The minimum absolute atomic E-state index is 0.101. The van der Waals surface area contributed by atoms with Crippen LogP contribution in [0.5, 0.6) is 0 Å². The number of amides is 3. The molecule has 0 aliphatic carbocycles. The normalized spacial score (nSPS) is 15.8. The summed E-state index contributed by atoms with van der Waals surface area (Å²) in [7, 11) is 0. The molecular weight excluding hydrogens is 356 g/mol. The third kappa shape index (κ3) is 5.44. The van der Waals surface area contributed by atoms with Crippen LogP contribution in [0.15, 0.2) is 24.3 Å². The van der Waals surface area contributed by atoms with E-state index in [1.807, 2.05) is 31.2 Å². The second kappa shape index (κ2) is 8.61. The van der Waals surface area contributed by atoms with Gasteiger partial charge in [-0.3, -0.25) is 19.3 Å². The molecule has 23 heavy (non-hydrogen) atoms. The molecule has 8 heteroatoms. The van der Waals surface area contributed by atoms with Gasteiger partial charge in [-0.15, -0.1) is 11.8 Å². The third-order valence-electron chi connectivity index (χ3n) is 3.26. The van der Waals surface area contributed by atoms with Crippen molar-refractivity contribution in [1.29, 1.82) is 0 Å². The zero-order valence-corrected chi connectivity index (χ0v) is 15.0. The largest absolute Gasteiger partial charge is 0.353 e. The molecule has 1 aromatic rings. The van der Waals surface area contributed by atoms with Gasteiger partial charge in [0.25, 0.3) is 5.24 Å². The fraction of sp³-hybridized carbons (Fsp3) is 0.400. The number of halogens is 1. The smallest absolute Gasteiger partial charge is 0.288 e. The van der Waals surface area contributed by atoms with Gasteiger partial charge in [-0.1, -0.05) is 35.5 Å². The van der Waals surface area contributed by atoms with E-state index in [0.717, 1.165) is 17.3 Å². The molecule has 1 heterocycles. The molecule has 3 amide bonds. The summed E-state index contributed by atoms with van der Waals surface area (Å²) in [5.41, 5.74) is 1.10. The molecule has 0 bridgehead atoms. The van der Waals surface area contributed by atoms with Gasteiger partial charge in [0, 0.05) is 23.9 Å². The maximum absolute atomic E-state index is 12.0. The van der Waals surface area contributed by atoms with Crippen LogP contribution in [-0.4, -0.2) is 46.0 Å². The Morgan fingerprint density at radius 1 is 1.39 bits per heavy atom. The number of hydrogen-bond acceptors (Lipinski definition) is 5. The van der Waals surface area contributed by atoms with Crippen LogP contribution < -0.4 is 5.32 Å². The van der Waals surface area contributed by atoms with E-state index in [-0.39, 0.29) is 41.1 Å². The Hall–Kier alpha value is -1.18. The molecule has 1 aliphatic heterocycles. The number of thioether (sulfide) groups is 2. The molecule has 1 saturated heterocycles. The highest BCUT2D eigenvalue weighted by Gasteiger charge is 2.29. The molecule has 5 nitrogen and oxygen atoms in total. The van der Waals surface area contributed by atoms with E-state index in [9.17, 15) is 14.4 Å². The summed E-state index contributed by atoms with van der Waals surface area (Å²) in [5.74, 6) is 0.612. The van der Waals surface area contributed by atoms with E-state index in [1.165, 1.54) is 16.7 Å². The summed E-state index contributed by atoms with van der Waals surface area (Å²) in [6.45, 7) is 2.34. The SMILES string of the molecule is C[C@H](SCc1ccc(Cl)cc1)C(=O)NCCN1C(=O)CSC1=O. The quantitative estimate of drug-likeness (QED) is 0.797. The van der Waals surface area contributed by atoms with Gasteiger partial charge < -0.3 is 5.32 Å². The van der Waals surface area contributed by atoms with Gasteiger partial charge in [-0.05, 0) is 24.6 Å². The number of carbonyl (C=O) groups is 3. The predicted molar refractivity (Wildman–Crippen MR) is 94.8 cm³/mol. The Labute approximate surface area is 148 Å². The van der Waals surface area contributed by atoms with Gasteiger partial charge in [0.15, 0.2) is 0 Å². The van der Waals surface area contributed by atoms with Crippen molar-refractivity contribution in [2.24, 2.45) is 0 Å². The summed E-state index contributed by atoms with van der Waals surface area (Å²) >= 11 is 8.35. The van der Waals surface area contributed by atoms with E-state index >= 15 is 0 Å². The van der Waals surface area contributed by atoms with Crippen molar-refractivity contribution in [3.63, 3.8) is 0 Å². The molecule has 0 aromatic heterocycles. The fourth-order valence-electron chi connectivity index (χ4n) is 1.91. The van der Waals surface area contributed by atoms with Crippen LogP contribution in [-0.2, 0) is 15.3 Å². The maximum Gasteiger partial charge on any atom is 0.288 e. The first-order valence-corrected chi connectivity index (χ1v) is 9.49. The molecule has 1 aromatic carbocycles. The third-order valence-corrected chi connectivity index (χ3v) is 5.58. The van der Waals surface area contributed by atoms with Crippen molar-refractivity contribution in [2.45, 2.75) is 17.9 Å². The summed E-state index contributed by atoms with van der Waals surface area (Å²) in [4.78, 5) is 36.0. The Morgan fingerprint density at radius 2 is 2.09 bits per heavy atom. The molecule has 1 N–H and O–H groups in total. The molecule has 2 rings (SSSR count). The Bertz CT molecular complexity index is 579. The summed E-state index contributed by atoms with van der Waals surface area (Å²) in [5, 5.41) is 2.99. The van der Waals surface area contributed by atoms with Crippen molar-refractivity contribution in [2.75, 3.05) is 18.8 Å². The molecule has 0 saturated carbocycles. The highest BCUT2D eigenvalue weighted by molar-refractivity contribution is 8.14. The van der Waals surface area contributed by atoms with Gasteiger partial charge in [0.05, 0.1) is 11.0 Å². The molecule has 0 unspecified atom stereocenters. The molecule has 0 radical (unpaired) electrons. The van der Waals surface area contributed by atoms with E-state index in [1.54, 1.807) is 0 Å². The van der Waals surface area contributed by atoms with Crippen molar-refractivity contribution >= 4 is 52.2 Å². The van der Waals surface area contributed by atoms with E-state index < -0.39 is 0 Å². The minimum Gasteiger partial charge on any atom is -0.353 e. The van der Waals surface area contributed by atoms with Crippen LogP contribution >= 0.6 is 35.1 Å². The lowest BCUT2D eigenvalue weighted by atomic mass is 10.2. The maximum atomic E-state index is 12.0. The van der Waals surface area contributed by atoms with Crippen LogP contribution in [0.2, 0.25) is 5.02 Å². The summed E-state index contributed by atoms with van der Waals surface area (Å²) in [6, 6.07) is 7.51. The molecule has 0 spiro atoms. The number of imide groups is 1. The van der Waals surface area contributed by atoms with Crippen molar-refractivity contribution in [3.8, 4) is 0 Å². The number of carbonyl (C=O) groups excluding carboxylic acids is 3. The zero-order valence-electron chi connectivity index (χ0n) is 12.6. The van der Waals surface area contributed by atoms with Gasteiger partial charge in [-0.25, -0.2) is 0 Å². The average Bonchev–Trinajstić information content (AvgIpc) is 2.85. The van der Waals surface area contributed by atoms with Crippen molar-refractivity contribution < 1.29 is 14.4 Å². The standard InChI is InChI=1S/C15H17ClN2O3S2/c1-10(22-8-11-2-4-12(16)5-3-11)14(20)17-6-7-18-13(19)9-23-15(18)21/h2-5,10H,6-9H2,1H3,(H,17,20)/t10-/m0/s1. The van der Waals surface area contributed by atoms with Crippen molar-refractivity contribution in [1.82, 2.24) is 10.2 Å². The number of nitrogens with one attached hydrogen (secondary N) is 1. The first kappa shape index (κ1) is 18.2. The lowest BCUT2D eigenvalue weighted by molar-refractivity contribution is -0.125. The topological polar surface area (TPSA) is 66.5 Å². The van der Waals surface area contributed by atoms with Gasteiger partial charge >= 0.3 is 0 Å². The number of benzene rings is 1. The Morgan fingerprint density at radius 3 is 2.70 bits per heavy atom. The van der Waals surface area contributed by atoms with E-state index in [2.05, 4.69) is 5.32 Å². The van der Waals surface area contributed by atoms with Gasteiger partial charge in [-0.2, -0.15) is 0 Å².